The highest BCUT2D eigenvalue weighted by molar-refractivity contribution is 8.00. The van der Waals surface area contributed by atoms with Gasteiger partial charge in [-0.25, -0.2) is 0 Å². The molecule has 0 spiro atoms. The Morgan fingerprint density at radius 3 is 2.40 bits per heavy atom. The van der Waals surface area contributed by atoms with Gasteiger partial charge in [0.1, 0.15) is 0 Å². The van der Waals surface area contributed by atoms with E-state index >= 15 is 0 Å². The van der Waals surface area contributed by atoms with Gasteiger partial charge >= 0.3 is 0 Å². The van der Waals surface area contributed by atoms with Gasteiger partial charge in [-0.2, -0.15) is 11.8 Å². The molecule has 0 aromatic carbocycles. The van der Waals surface area contributed by atoms with Gasteiger partial charge in [0.15, 0.2) is 0 Å². The lowest BCUT2D eigenvalue weighted by Crippen LogP contribution is -2.42. The van der Waals surface area contributed by atoms with Gasteiger partial charge in [-0.3, -0.25) is 0 Å². The molecule has 2 unspecified atom stereocenters. The highest BCUT2D eigenvalue weighted by atomic mass is 32.2. The van der Waals surface area contributed by atoms with Gasteiger partial charge in [-0.05, 0) is 44.4 Å². The van der Waals surface area contributed by atoms with Crippen LogP contribution in [0, 0.1) is 5.92 Å². The van der Waals surface area contributed by atoms with Crippen molar-refractivity contribution in [2.75, 3.05) is 0 Å². The topological polar surface area (TPSA) is 20.2 Å². The molecule has 2 aliphatic heterocycles. The van der Waals surface area contributed by atoms with Crippen molar-refractivity contribution in [3.8, 4) is 0 Å². The Morgan fingerprint density at radius 2 is 1.87 bits per heavy atom. The third-order valence-electron chi connectivity index (χ3n) is 3.84. The molecule has 2 bridgehead atoms. The number of rotatable bonds is 3. The molecule has 0 saturated carbocycles. The van der Waals surface area contributed by atoms with Crippen molar-refractivity contribution in [2.45, 2.75) is 74.9 Å². The molecule has 1 nitrogen and oxygen atoms in total. The van der Waals surface area contributed by atoms with Crippen LogP contribution in [0.4, 0.5) is 0 Å². The fourth-order valence-corrected chi connectivity index (χ4v) is 4.94. The number of hydrogen-bond donors (Lipinski definition) is 1. The third-order valence-corrected chi connectivity index (χ3v) is 5.41. The molecule has 0 aromatic heterocycles. The molecule has 0 aliphatic carbocycles. The molecule has 0 amide bonds. The maximum Gasteiger partial charge on any atom is 0.0669 e. The summed E-state index contributed by atoms with van der Waals surface area (Å²) >= 11 is 2.15. The number of thioether (sulfide) groups is 1. The fraction of sp³-hybridized carbons (Fsp3) is 1.00. The quantitative estimate of drug-likeness (QED) is 0.796. The third kappa shape index (κ3) is 3.13. The lowest BCUT2D eigenvalue weighted by atomic mass is 9.81. The van der Waals surface area contributed by atoms with Crippen molar-refractivity contribution < 1.29 is 5.11 Å². The molecule has 2 rings (SSSR count). The molecule has 0 radical (unpaired) electrons. The van der Waals surface area contributed by atoms with E-state index in [1.807, 2.05) is 0 Å². The summed E-state index contributed by atoms with van der Waals surface area (Å²) in [6, 6.07) is 0. The molecule has 88 valence electrons. The Kier molecular flexibility index (Phi) is 3.67. The summed E-state index contributed by atoms with van der Waals surface area (Å²) in [6.07, 6.45) is 8.39. The lowest BCUT2D eigenvalue weighted by Gasteiger charge is -2.44. The van der Waals surface area contributed by atoms with Gasteiger partial charge in [-0.1, -0.05) is 20.3 Å². The van der Waals surface area contributed by atoms with Crippen LogP contribution < -0.4 is 0 Å². The van der Waals surface area contributed by atoms with Crippen LogP contribution in [0.5, 0.6) is 0 Å². The molecule has 2 heteroatoms. The summed E-state index contributed by atoms with van der Waals surface area (Å²) in [6.45, 7) is 4.50. The molecule has 2 atom stereocenters. The molecular formula is C13H24OS. The Labute approximate surface area is 98.0 Å². The largest absolute Gasteiger partial charge is 0.390 e. The smallest absolute Gasteiger partial charge is 0.0669 e. The standard InChI is InChI=1S/C13H24OS/c1-10(2)6-7-13(14)8-11-4-3-5-12(9-13)15-11/h10-12,14H,3-9H2,1-2H3. The van der Waals surface area contributed by atoms with Crippen LogP contribution in [-0.4, -0.2) is 21.2 Å². The molecule has 1 N–H and O–H groups in total. The summed E-state index contributed by atoms with van der Waals surface area (Å²) in [5.74, 6) is 0.725. The van der Waals surface area contributed by atoms with Crippen LogP contribution in [0.15, 0.2) is 0 Å². The van der Waals surface area contributed by atoms with Crippen molar-refractivity contribution in [3.05, 3.63) is 0 Å². The summed E-state index contributed by atoms with van der Waals surface area (Å²) in [5.41, 5.74) is -0.314. The zero-order valence-electron chi connectivity index (χ0n) is 10.0. The van der Waals surface area contributed by atoms with E-state index in [2.05, 4.69) is 25.6 Å². The first kappa shape index (κ1) is 11.8. The second-order valence-electron chi connectivity index (χ2n) is 5.88. The minimum absolute atomic E-state index is 0.314. The average Bonchev–Trinajstić information content (AvgIpc) is 2.14. The lowest BCUT2D eigenvalue weighted by molar-refractivity contribution is 0.000185. The number of fused-ring (bicyclic) bond motifs is 2. The SMILES string of the molecule is CC(C)CCC1(O)CC2CCCC(C1)S2. The maximum absolute atomic E-state index is 10.6. The van der Waals surface area contributed by atoms with Crippen molar-refractivity contribution in [1.82, 2.24) is 0 Å². The minimum atomic E-state index is -0.314. The van der Waals surface area contributed by atoms with Crippen molar-refractivity contribution in [1.29, 1.82) is 0 Å². The number of hydrogen-bond acceptors (Lipinski definition) is 2. The van der Waals surface area contributed by atoms with Crippen LogP contribution in [0.3, 0.4) is 0 Å². The second kappa shape index (κ2) is 4.67. The first-order valence-corrected chi connectivity index (χ1v) is 7.39. The van der Waals surface area contributed by atoms with Crippen LogP contribution in [0.2, 0.25) is 0 Å². The van der Waals surface area contributed by atoms with Gasteiger partial charge in [-0.15, -0.1) is 0 Å². The van der Waals surface area contributed by atoms with E-state index in [0.29, 0.717) is 0 Å². The van der Waals surface area contributed by atoms with E-state index < -0.39 is 0 Å². The Morgan fingerprint density at radius 1 is 1.27 bits per heavy atom. The Hall–Kier alpha value is 0.310. The van der Waals surface area contributed by atoms with Crippen LogP contribution >= 0.6 is 11.8 Å². The number of aliphatic hydroxyl groups is 1. The first-order valence-electron chi connectivity index (χ1n) is 6.45. The highest BCUT2D eigenvalue weighted by Crippen LogP contribution is 2.47. The molecule has 2 heterocycles. The molecular weight excluding hydrogens is 204 g/mol. The predicted octanol–water partition coefficient (Wildman–Crippen LogP) is 3.60. The zero-order valence-corrected chi connectivity index (χ0v) is 10.9. The first-order chi connectivity index (χ1) is 7.07. The van der Waals surface area contributed by atoms with E-state index in [1.54, 1.807) is 0 Å². The Bertz CT molecular complexity index is 203. The van der Waals surface area contributed by atoms with Crippen molar-refractivity contribution in [2.24, 2.45) is 5.92 Å². The summed E-state index contributed by atoms with van der Waals surface area (Å²) in [5, 5.41) is 12.1. The summed E-state index contributed by atoms with van der Waals surface area (Å²) < 4.78 is 0. The van der Waals surface area contributed by atoms with Crippen LogP contribution in [0.1, 0.15) is 58.8 Å². The highest BCUT2D eigenvalue weighted by Gasteiger charge is 2.40. The van der Waals surface area contributed by atoms with E-state index in [1.165, 1.54) is 25.7 Å². The van der Waals surface area contributed by atoms with E-state index in [0.717, 1.165) is 35.7 Å². The average molecular weight is 228 g/mol. The zero-order chi connectivity index (χ0) is 10.9. The molecule has 15 heavy (non-hydrogen) atoms. The van der Waals surface area contributed by atoms with Crippen molar-refractivity contribution in [3.63, 3.8) is 0 Å². The van der Waals surface area contributed by atoms with E-state index in [9.17, 15) is 5.11 Å². The van der Waals surface area contributed by atoms with Crippen molar-refractivity contribution >= 4 is 11.8 Å². The van der Waals surface area contributed by atoms with Gasteiger partial charge in [0.2, 0.25) is 0 Å². The van der Waals surface area contributed by atoms with Gasteiger partial charge in [0.25, 0.3) is 0 Å². The molecule has 0 aromatic rings. The molecule has 2 saturated heterocycles. The normalized spacial score (nSPS) is 40.8. The monoisotopic (exact) mass is 228 g/mol. The summed E-state index contributed by atoms with van der Waals surface area (Å²) in [4.78, 5) is 0. The Balaban J connectivity index is 1.90. The van der Waals surface area contributed by atoms with Crippen LogP contribution in [-0.2, 0) is 0 Å². The maximum atomic E-state index is 10.6. The van der Waals surface area contributed by atoms with Gasteiger partial charge in [0, 0.05) is 10.5 Å². The predicted molar refractivity (Wildman–Crippen MR) is 67.3 cm³/mol. The summed E-state index contributed by atoms with van der Waals surface area (Å²) in [7, 11) is 0. The van der Waals surface area contributed by atoms with E-state index in [-0.39, 0.29) is 5.60 Å². The van der Waals surface area contributed by atoms with Crippen LogP contribution in [0.25, 0.3) is 0 Å². The van der Waals surface area contributed by atoms with E-state index in [4.69, 9.17) is 0 Å². The van der Waals surface area contributed by atoms with Gasteiger partial charge in [0.05, 0.1) is 5.60 Å². The second-order valence-corrected chi connectivity index (χ2v) is 7.48. The molecule has 2 aliphatic rings. The minimum Gasteiger partial charge on any atom is -0.390 e. The van der Waals surface area contributed by atoms with Gasteiger partial charge < -0.3 is 5.11 Å². The fourth-order valence-electron chi connectivity index (χ4n) is 2.97. The molecule has 2 fully saturated rings.